The summed E-state index contributed by atoms with van der Waals surface area (Å²) < 4.78 is 8.72. The van der Waals surface area contributed by atoms with E-state index in [-0.39, 0.29) is 0 Å². The molecule has 0 aliphatic heterocycles. The predicted octanol–water partition coefficient (Wildman–Crippen LogP) is 20.3. The topological polar surface area (TPSA) is 21.3 Å². The number of aromatic nitrogens is 1. The molecule has 0 bridgehead atoms. The van der Waals surface area contributed by atoms with Crippen molar-refractivity contribution in [2.45, 2.75) is 0 Å². The largest absolute Gasteiger partial charge is 0.456 e. The molecule has 0 atom stereocenters. The predicted molar refractivity (Wildman–Crippen MR) is 317 cm³/mol. The number of fused-ring (bicyclic) bond motifs is 12. The highest BCUT2D eigenvalue weighted by Gasteiger charge is 2.19. The molecule has 0 unspecified atom stereocenters. The van der Waals surface area contributed by atoms with E-state index in [4.69, 9.17) is 4.42 Å². The third-order valence-electron chi connectivity index (χ3n) is 15.4. The van der Waals surface area contributed by atoms with Gasteiger partial charge in [0.25, 0.3) is 0 Å². The third kappa shape index (κ3) is 7.12. The molecule has 0 amide bonds. The molecule has 0 spiro atoms. The van der Waals surface area contributed by atoms with Crippen molar-refractivity contribution in [3.05, 3.63) is 279 Å². The van der Waals surface area contributed by atoms with Crippen LogP contribution in [0.2, 0.25) is 0 Å². The second-order valence-electron chi connectivity index (χ2n) is 19.6. The zero-order chi connectivity index (χ0) is 49.4. The van der Waals surface area contributed by atoms with Gasteiger partial charge in [0.1, 0.15) is 11.2 Å². The lowest BCUT2D eigenvalue weighted by Crippen LogP contribution is -2.09. The van der Waals surface area contributed by atoms with E-state index in [0.717, 1.165) is 61.4 Å². The zero-order valence-corrected chi connectivity index (χ0v) is 40.9. The molecule has 15 aromatic rings. The second kappa shape index (κ2) is 17.4. The van der Waals surface area contributed by atoms with Crippen LogP contribution in [-0.2, 0) is 0 Å². The number of anilines is 3. The summed E-state index contributed by atoms with van der Waals surface area (Å²) in [6.45, 7) is 0. The van der Waals surface area contributed by atoms with Crippen molar-refractivity contribution in [1.29, 1.82) is 0 Å². The molecule has 15 rings (SSSR count). The fraction of sp³-hybridized carbons (Fsp3) is 0. The molecule has 0 aliphatic rings. The monoisotopic (exact) mass is 954 g/mol. The van der Waals surface area contributed by atoms with Crippen LogP contribution in [0, 0.1) is 0 Å². The summed E-state index contributed by atoms with van der Waals surface area (Å²) in [5.41, 5.74) is 18.0. The highest BCUT2D eigenvalue weighted by atomic mass is 16.3. The van der Waals surface area contributed by atoms with Crippen molar-refractivity contribution in [2.24, 2.45) is 0 Å². The Hall–Kier alpha value is -9.96. The average Bonchev–Trinajstić information content (AvgIpc) is 4.09. The summed E-state index contributed by atoms with van der Waals surface area (Å²) in [6.07, 6.45) is 0. The number of benzene rings is 13. The van der Waals surface area contributed by atoms with E-state index < -0.39 is 0 Å². The van der Waals surface area contributed by atoms with Gasteiger partial charge in [0.15, 0.2) is 0 Å². The Labute approximate surface area is 434 Å². The van der Waals surface area contributed by atoms with E-state index in [0.29, 0.717) is 0 Å². The van der Waals surface area contributed by atoms with Crippen LogP contribution in [0.15, 0.2) is 283 Å². The number of nitrogens with zero attached hydrogens (tertiary/aromatic N) is 2. The summed E-state index contributed by atoms with van der Waals surface area (Å²) in [5.74, 6) is 0. The van der Waals surface area contributed by atoms with Gasteiger partial charge in [0.05, 0.1) is 11.0 Å². The van der Waals surface area contributed by atoms with E-state index in [1.807, 2.05) is 12.1 Å². The van der Waals surface area contributed by atoms with Crippen molar-refractivity contribution in [3.8, 4) is 50.2 Å². The first kappa shape index (κ1) is 42.7. The van der Waals surface area contributed by atoms with Crippen molar-refractivity contribution >= 4 is 93.1 Å². The Morgan fingerprint density at radius 3 is 1.28 bits per heavy atom. The van der Waals surface area contributed by atoms with Gasteiger partial charge in [-0.2, -0.15) is 0 Å². The molecule has 3 nitrogen and oxygen atoms in total. The molecular weight excluding hydrogens is 909 g/mol. The van der Waals surface area contributed by atoms with Crippen molar-refractivity contribution in [2.75, 3.05) is 4.90 Å². The lowest BCUT2D eigenvalue weighted by molar-refractivity contribution is 0.669. The van der Waals surface area contributed by atoms with Crippen LogP contribution >= 0.6 is 0 Å². The number of rotatable bonds is 8. The Morgan fingerprint density at radius 1 is 0.253 bits per heavy atom. The molecule has 75 heavy (non-hydrogen) atoms. The van der Waals surface area contributed by atoms with E-state index in [2.05, 4.69) is 276 Å². The van der Waals surface area contributed by atoms with Gasteiger partial charge < -0.3 is 13.9 Å². The van der Waals surface area contributed by atoms with Crippen LogP contribution in [-0.4, -0.2) is 4.57 Å². The molecule has 13 aromatic carbocycles. The molecule has 0 fully saturated rings. The van der Waals surface area contributed by atoms with Gasteiger partial charge in [-0.3, -0.25) is 0 Å². The van der Waals surface area contributed by atoms with E-state index in [1.54, 1.807) is 0 Å². The fourth-order valence-corrected chi connectivity index (χ4v) is 11.8. The van der Waals surface area contributed by atoms with Crippen LogP contribution in [0.5, 0.6) is 0 Å². The van der Waals surface area contributed by atoms with Crippen molar-refractivity contribution < 1.29 is 4.42 Å². The molecule has 0 saturated heterocycles. The Morgan fingerprint density at radius 2 is 0.680 bits per heavy atom. The number of para-hydroxylation sites is 2. The van der Waals surface area contributed by atoms with Crippen LogP contribution in [0.4, 0.5) is 17.1 Å². The van der Waals surface area contributed by atoms with E-state index >= 15 is 0 Å². The quantitative estimate of drug-likeness (QED) is 0.142. The van der Waals surface area contributed by atoms with Gasteiger partial charge in [-0.25, -0.2) is 0 Å². The van der Waals surface area contributed by atoms with Gasteiger partial charge in [0, 0.05) is 44.3 Å². The first-order valence-electron chi connectivity index (χ1n) is 25.7. The SMILES string of the molecule is c1ccc(-c2ccc(-c3ccc4c(c3)c3cc(-c5ccc(N(c6ccccc6)c6ccc(-c7cccc8oc9ccccc9c78)cc6)cc5)ccc3n4-c3ccc4c5ccccc5c5ccccc5c4c3)cc2)cc1. The summed E-state index contributed by atoms with van der Waals surface area (Å²) in [4.78, 5) is 2.34. The number of hydrogen-bond acceptors (Lipinski definition) is 2. The first-order valence-corrected chi connectivity index (χ1v) is 25.7. The fourth-order valence-electron chi connectivity index (χ4n) is 11.8. The molecule has 3 heteroatoms. The van der Waals surface area contributed by atoms with Crippen LogP contribution < -0.4 is 4.90 Å². The lowest BCUT2D eigenvalue weighted by Gasteiger charge is -2.26. The van der Waals surface area contributed by atoms with E-state index in [1.165, 1.54) is 81.9 Å². The highest BCUT2D eigenvalue weighted by molar-refractivity contribution is 6.26. The second-order valence-corrected chi connectivity index (χ2v) is 19.6. The maximum Gasteiger partial charge on any atom is 0.136 e. The summed E-state index contributed by atoms with van der Waals surface area (Å²) in [6, 6.07) is 101. The molecule has 350 valence electrons. The lowest BCUT2D eigenvalue weighted by atomic mass is 9.94. The average molecular weight is 955 g/mol. The number of furan rings is 1. The Bertz CT molecular complexity index is 4630. The molecule has 0 radical (unpaired) electrons. The minimum absolute atomic E-state index is 0.899. The van der Waals surface area contributed by atoms with Crippen LogP contribution in [0.25, 0.3) is 126 Å². The van der Waals surface area contributed by atoms with Gasteiger partial charge in [-0.1, -0.05) is 194 Å². The first-order chi connectivity index (χ1) is 37.2. The maximum absolute atomic E-state index is 6.26. The van der Waals surface area contributed by atoms with Crippen molar-refractivity contribution in [1.82, 2.24) is 4.57 Å². The molecule has 0 aliphatic carbocycles. The molecule has 0 saturated carbocycles. The van der Waals surface area contributed by atoms with Crippen LogP contribution in [0.3, 0.4) is 0 Å². The van der Waals surface area contributed by atoms with Gasteiger partial charge in [-0.05, 0) is 162 Å². The zero-order valence-electron chi connectivity index (χ0n) is 40.9. The number of hydrogen-bond donors (Lipinski definition) is 0. The summed E-state index contributed by atoms with van der Waals surface area (Å²) in [5, 5.41) is 12.3. The van der Waals surface area contributed by atoms with Gasteiger partial charge in [0.2, 0.25) is 0 Å². The summed E-state index contributed by atoms with van der Waals surface area (Å²) in [7, 11) is 0. The minimum Gasteiger partial charge on any atom is -0.456 e. The van der Waals surface area contributed by atoms with Crippen LogP contribution in [0.1, 0.15) is 0 Å². The Balaban J connectivity index is 0.841. The standard InChI is InChI=1S/C72H46N2O/c1-3-14-47(15-4-1)48-26-28-49(29-27-48)52-34-42-68-66(44-52)67-45-53(35-43-69(67)74(68)57-40-41-63-61-20-8-7-18-59(61)60-19-9-10-21-62(60)65(63)46-57)50-30-36-55(37-31-50)73(54-16-5-2-6-17-54)56-38-32-51(33-39-56)58-23-13-25-71-72(58)64-22-11-12-24-70(64)75-71/h1-46H. The minimum atomic E-state index is 0.899. The van der Waals surface area contributed by atoms with Gasteiger partial charge in [-0.15, -0.1) is 0 Å². The van der Waals surface area contributed by atoms with Gasteiger partial charge >= 0.3 is 0 Å². The molecular formula is C72H46N2O. The molecule has 0 N–H and O–H groups in total. The van der Waals surface area contributed by atoms with Crippen molar-refractivity contribution in [3.63, 3.8) is 0 Å². The molecule has 2 heterocycles. The third-order valence-corrected chi connectivity index (χ3v) is 15.4. The Kier molecular flexibility index (Phi) is 9.89. The molecule has 2 aromatic heterocycles. The summed E-state index contributed by atoms with van der Waals surface area (Å²) >= 11 is 0. The highest BCUT2D eigenvalue weighted by Crippen LogP contribution is 2.43. The smallest absolute Gasteiger partial charge is 0.136 e. The normalized spacial score (nSPS) is 11.7. The maximum atomic E-state index is 6.26. The van der Waals surface area contributed by atoms with E-state index in [9.17, 15) is 0 Å².